The van der Waals surface area contributed by atoms with Crippen LogP contribution >= 0.6 is 0 Å². The molecule has 5 rings (SSSR count). The lowest BCUT2D eigenvalue weighted by Crippen LogP contribution is -2.28. The van der Waals surface area contributed by atoms with Crippen LogP contribution in [0, 0.1) is 17.8 Å². The minimum atomic E-state index is -0.0284. The van der Waals surface area contributed by atoms with Crippen LogP contribution in [0.1, 0.15) is 30.0 Å². The molecular weight excluding hydrogens is 326 g/mol. The molecule has 0 amide bonds. The van der Waals surface area contributed by atoms with Gasteiger partial charge in [0.05, 0.1) is 0 Å². The Labute approximate surface area is 151 Å². The van der Waals surface area contributed by atoms with Crippen LogP contribution < -0.4 is 0 Å². The smallest absolute Gasteiger partial charge is 0.247 e. The summed E-state index contributed by atoms with van der Waals surface area (Å²) in [7, 11) is 2.13. The van der Waals surface area contributed by atoms with Crippen molar-refractivity contribution in [3.63, 3.8) is 0 Å². The fourth-order valence-electron chi connectivity index (χ4n) is 3.78. The highest BCUT2D eigenvalue weighted by atomic mass is 16.5. The Hall–Kier alpha value is -3.04. The highest BCUT2D eigenvalue weighted by Gasteiger charge is 2.65. The van der Waals surface area contributed by atoms with E-state index in [0.29, 0.717) is 17.4 Å². The zero-order valence-corrected chi connectivity index (χ0v) is 14.4. The molecule has 1 saturated heterocycles. The second kappa shape index (κ2) is 5.75. The van der Waals surface area contributed by atoms with Crippen LogP contribution in [0.2, 0.25) is 0 Å². The predicted octanol–water partition coefficient (Wildman–Crippen LogP) is 2.48. The maximum atomic E-state index is 5.57. The standard InChI is InChI=1S/C20H17N5O/c1-25-11-9-15-12-20(15,25)19-23-18(24-26-19)17-8-6-14(13-22-17)5-7-16-4-2-3-10-21-16/h2-4,6,8,10,13,15H,9,11-12H2,1H3/t15-,20+/m1/s1. The van der Waals surface area contributed by atoms with Crippen LogP contribution in [0.5, 0.6) is 0 Å². The largest absolute Gasteiger partial charge is 0.337 e. The van der Waals surface area contributed by atoms with Gasteiger partial charge in [-0.15, -0.1) is 0 Å². The summed E-state index contributed by atoms with van der Waals surface area (Å²) in [5.41, 5.74) is 2.22. The van der Waals surface area contributed by atoms with Gasteiger partial charge in [-0.1, -0.05) is 17.1 Å². The van der Waals surface area contributed by atoms with E-state index in [2.05, 4.69) is 43.9 Å². The van der Waals surface area contributed by atoms with Crippen molar-refractivity contribution in [2.45, 2.75) is 18.4 Å². The molecule has 3 aromatic rings. The molecule has 2 aliphatic rings. The van der Waals surface area contributed by atoms with E-state index in [0.717, 1.165) is 30.1 Å². The second-order valence-electron chi connectivity index (χ2n) is 6.86. The third-order valence-corrected chi connectivity index (χ3v) is 5.36. The van der Waals surface area contributed by atoms with Gasteiger partial charge in [-0.3, -0.25) is 9.88 Å². The molecule has 2 fully saturated rings. The fraction of sp³-hybridized carbons (Fsp3) is 0.300. The number of piperidine rings is 1. The average Bonchev–Trinajstić information content (AvgIpc) is 3.05. The number of nitrogens with zero attached hydrogens (tertiary/aromatic N) is 5. The number of rotatable bonds is 2. The lowest BCUT2D eigenvalue weighted by atomic mass is 10.2. The summed E-state index contributed by atoms with van der Waals surface area (Å²) >= 11 is 0. The van der Waals surface area contributed by atoms with Crippen molar-refractivity contribution in [3.8, 4) is 23.4 Å². The Bertz CT molecular complexity index is 1000. The Balaban J connectivity index is 1.37. The number of hydrogen-bond acceptors (Lipinski definition) is 6. The minimum absolute atomic E-state index is 0.0284. The first-order valence-electron chi connectivity index (χ1n) is 8.70. The maximum absolute atomic E-state index is 5.57. The summed E-state index contributed by atoms with van der Waals surface area (Å²) in [6.07, 6.45) is 5.77. The van der Waals surface area contributed by atoms with Crippen LogP contribution in [0.25, 0.3) is 11.5 Å². The number of pyridine rings is 2. The zero-order valence-electron chi connectivity index (χ0n) is 14.4. The topological polar surface area (TPSA) is 67.9 Å². The fourth-order valence-corrected chi connectivity index (χ4v) is 3.78. The quantitative estimate of drug-likeness (QED) is 0.666. The Kier molecular flexibility index (Phi) is 3.37. The average molecular weight is 343 g/mol. The van der Waals surface area contributed by atoms with Crippen LogP contribution in [-0.2, 0) is 5.54 Å². The first kappa shape index (κ1) is 15.2. The van der Waals surface area contributed by atoms with Gasteiger partial charge in [0.25, 0.3) is 0 Å². The lowest BCUT2D eigenvalue weighted by Gasteiger charge is -2.19. The molecule has 128 valence electrons. The molecule has 2 atom stereocenters. The molecule has 1 saturated carbocycles. The van der Waals surface area contributed by atoms with Gasteiger partial charge in [-0.25, -0.2) is 4.98 Å². The zero-order chi connectivity index (χ0) is 17.6. The van der Waals surface area contributed by atoms with E-state index < -0.39 is 0 Å². The molecule has 1 aliphatic carbocycles. The van der Waals surface area contributed by atoms with Gasteiger partial charge >= 0.3 is 0 Å². The van der Waals surface area contributed by atoms with Crippen molar-refractivity contribution < 1.29 is 4.52 Å². The van der Waals surface area contributed by atoms with Gasteiger partial charge in [0.15, 0.2) is 0 Å². The van der Waals surface area contributed by atoms with Crippen molar-refractivity contribution in [3.05, 3.63) is 59.9 Å². The predicted molar refractivity (Wildman–Crippen MR) is 94.8 cm³/mol. The summed E-state index contributed by atoms with van der Waals surface area (Å²) in [5, 5.41) is 4.14. The molecule has 0 unspecified atom stereocenters. The lowest BCUT2D eigenvalue weighted by molar-refractivity contribution is 0.202. The summed E-state index contributed by atoms with van der Waals surface area (Å²) in [6, 6.07) is 9.44. The van der Waals surface area contributed by atoms with Crippen molar-refractivity contribution in [1.82, 2.24) is 25.0 Å². The molecule has 1 aliphatic heterocycles. The molecule has 4 heterocycles. The van der Waals surface area contributed by atoms with Gasteiger partial charge in [0.1, 0.15) is 16.9 Å². The SMILES string of the molecule is CN1CC[C@@H]2C[C@@]21c1nc(-c2ccc(C#Cc3ccccn3)cn2)no1. The second-order valence-corrected chi connectivity index (χ2v) is 6.86. The Morgan fingerprint density at radius 3 is 2.85 bits per heavy atom. The van der Waals surface area contributed by atoms with Gasteiger partial charge in [-0.2, -0.15) is 4.98 Å². The van der Waals surface area contributed by atoms with E-state index in [1.54, 1.807) is 12.4 Å². The molecular formula is C20H17N5O. The van der Waals surface area contributed by atoms with Crippen LogP contribution in [-0.4, -0.2) is 38.6 Å². The van der Waals surface area contributed by atoms with E-state index >= 15 is 0 Å². The minimum Gasteiger partial charge on any atom is -0.337 e. The van der Waals surface area contributed by atoms with Crippen molar-refractivity contribution in [2.75, 3.05) is 13.6 Å². The molecule has 0 spiro atoms. The number of fused-ring (bicyclic) bond motifs is 1. The Morgan fingerprint density at radius 2 is 2.15 bits per heavy atom. The summed E-state index contributed by atoms with van der Waals surface area (Å²) < 4.78 is 5.57. The van der Waals surface area contributed by atoms with E-state index in [1.807, 2.05) is 30.3 Å². The number of likely N-dealkylation sites (tertiary alicyclic amines) is 1. The van der Waals surface area contributed by atoms with Crippen molar-refractivity contribution in [1.29, 1.82) is 0 Å². The van der Waals surface area contributed by atoms with E-state index in [4.69, 9.17) is 4.52 Å². The molecule has 3 aromatic heterocycles. The van der Waals surface area contributed by atoms with Gasteiger partial charge in [0, 0.05) is 18.0 Å². The van der Waals surface area contributed by atoms with Gasteiger partial charge < -0.3 is 4.52 Å². The van der Waals surface area contributed by atoms with Crippen LogP contribution in [0.4, 0.5) is 0 Å². The molecule has 6 heteroatoms. The van der Waals surface area contributed by atoms with Crippen molar-refractivity contribution >= 4 is 0 Å². The third-order valence-electron chi connectivity index (χ3n) is 5.36. The van der Waals surface area contributed by atoms with Crippen LogP contribution in [0.3, 0.4) is 0 Å². The molecule has 0 bridgehead atoms. The van der Waals surface area contributed by atoms with Gasteiger partial charge in [-0.05, 0) is 62.5 Å². The molecule has 26 heavy (non-hydrogen) atoms. The van der Waals surface area contributed by atoms with E-state index in [1.165, 1.54) is 6.42 Å². The maximum Gasteiger partial charge on any atom is 0.247 e. The van der Waals surface area contributed by atoms with Crippen LogP contribution in [0.15, 0.2) is 47.2 Å². The highest BCUT2D eigenvalue weighted by molar-refractivity contribution is 5.51. The Morgan fingerprint density at radius 1 is 1.19 bits per heavy atom. The van der Waals surface area contributed by atoms with Gasteiger partial charge in [0.2, 0.25) is 11.7 Å². The van der Waals surface area contributed by atoms with E-state index in [9.17, 15) is 0 Å². The van der Waals surface area contributed by atoms with Crippen molar-refractivity contribution in [2.24, 2.45) is 5.92 Å². The number of aromatic nitrogens is 4. The third kappa shape index (κ3) is 2.40. The summed E-state index contributed by atoms with van der Waals surface area (Å²) in [4.78, 5) is 15.6. The highest BCUT2D eigenvalue weighted by Crippen LogP contribution is 2.61. The molecule has 0 aromatic carbocycles. The summed E-state index contributed by atoms with van der Waals surface area (Å²) in [6.45, 7) is 1.09. The first-order valence-corrected chi connectivity index (χ1v) is 8.70. The first-order chi connectivity index (χ1) is 12.8. The van der Waals surface area contributed by atoms with E-state index in [-0.39, 0.29) is 5.54 Å². The normalized spacial score (nSPS) is 24.0. The number of hydrogen-bond donors (Lipinski definition) is 0. The molecule has 6 nitrogen and oxygen atoms in total. The summed E-state index contributed by atoms with van der Waals surface area (Å²) in [5.74, 6) is 7.99. The molecule has 0 N–H and O–H groups in total. The monoisotopic (exact) mass is 343 g/mol. The molecule has 0 radical (unpaired) electrons.